The first kappa shape index (κ1) is 22.6. The van der Waals surface area contributed by atoms with Crippen molar-refractivity contribution >= 4 is 17.5 Å². The molecule has 0 saturated carbocycles. The van der Waals surface area contributed by atoms with Crippen LogP contribution in [0.5, 0.6) is 5.75 Å². The molecule has 2 amide bonds. The molecule has 8 heteroatoms. The van der Waals surface area contributed by atoms with Crippen LogP contribution >= 0.6 is 0 Å². The Morgan fingerprint density at radius 1 is 1.03 bits per heavy atom. The third-order valence-electron chi connectivity index (χ3n) is 6.18. The molecule has 5 rings (SSSR count). The van der Waals surface area contributed by atoms with Crippen LogP contribution in [0.1, 0.15) is 44.8 Å². The lowest BCUT2D eigenvalue weighted by Crippen LogP contribution is -2.46. The summed E-state index contributed by atoms with van der Waals surface area (Å²) in [5.74, 6) is 0.549. The summed E-state index contributed by atoms with van der Waals surface area (Å²) < 4.78 is 7.86. The number of piperidine rings is 1. The molecule has 0 radical (unpaired) electrons. The highest BCUT2D eigenvalue weighted by Crippen LogP contribution is 2.19. The Morgan fingerprint density at radius 2 is 1.83 bits per heavy atom. The maximum absolute atomic E-state index is 12.9. The second-order valence-corrected chi connectivity index (χ2v) is 8.80. The van der Waals surface area contributed by atoms with Gasteiger partial charge in [-0.25, -0.2) is 4.98 Å². The van der Waals surface area contributed by atoms with E-state index in [1.54, 1.807) is 36.7 Å². The van der Waals surface area contributed by atoms with Gasteiger partial charge in [-0.05, 0) is 67.8 Å². The number of ether oxygens (including phenoxy) is 1. The largest absolute Gasteiger partial charge is 0.487 e. The first-order valence-electron chi connectivity index (χ1n) is 11.7. The van der Waals surface area contributed by atoms with Gasteiger partial charge in [0.1, 0.15) is 18.0 Å². The van der Waals surface area contributed by atoms with Crippen LogP contribution in [-0.2, 0) is 6.61 Å². The molecule has 1 aromatic carbocycles. The van der Waals surface area contributed by atoms with E-state index in [9.17, 15) is 9.59 Å². The molecule has 1 saturated heterocycles. The fraction of sp³-hybridized carbons (Fsp3) is 0.259. The number of likely N-dealkylation sites (tertiary alicyclic amines) is 1. The third kappa shape index (κ3) is 5.32. The van der Waals surface area contributed by atoms with Crippen molar-refractivity contribution in [1.82, 2.24) is 24.6 Å². The summed E-state index contributed by atoms with van der Waals surface area (Å²) in [4.78, 5) is 35.7. The molecule has 1 aliphatic heterocycles. The van der Waals surface area contributed by atoms with Crippen molar-refractivity contribution in [3.05, 3.63) is 95.7 Å². The number of benzene rings is 1. The van der Waals surface area contributed by atoms with Crippen LogP contribution in [0, 0.1) is 6.92 Å². The summed E-state index contributed by atoms with van der Waals surface area (Å²) in [7, 11) is 0. The van der Waals surface area contributed by atoms with E-state index >= 15 is 0 Å². The topological polar surface area (TPSA) is 88.8 Å². The number of imidazole rings is 1. The van der Waals surface area contributed by atoms with Gasteiger partial charge in [0.15, 0.2) is 0 Å². The van der Waals surface area contributed by atoms with Crippen molar-refractivity contribution in [3.63, 3.8) is 0 Å². The average molecular weight is 470 g/mol. The fourth-order valence-electron chi connectivity index (χ4n) is 4.25. The smallest absolute Gasteiger partial charge is 0.253 e. The summed E-state index contributed by atoms with van der Waals surface area (Å²) in [5, 5.41) is 3.04. The molecule has 1 fully saturated rings. The van der Waals surface area contributed by atoms with Gasteiger partial charge in [0, 0.05) is 49.5 Å². The molecule has 0 bridgehead atoms. The molecule has 35 heavy (non-hydrogen) atoms. The summed E-state index contributed by atoms with van der Waals surface area (Å²) in [6.07, 6.45) is 8.63. The number of nitrogens with zero attached hydrogens (tertiary/aromatic N) is 4. The van der Waals surface area contributed by atoms with E-state index in [1.165, 1.54) is 5.56 Å². The van der Waals surface area contributed by atoms with E-state index in [2.05, 4.69) is 15.3 Å². The minimum absolute atomic E-state index is 0.00990. The van der Waals surface area contributed by atoms with Crippen LogP contribution in [0.25, 0.3) is 5.65 Å². The van der Waals surface area contributed by atoms with Crippen LogP contribution in [0.4, 0.5) is 0 Å². The van der Waals surface area contributed by atoms with E-state index < -0.39 is 0 Å². The van der Waals surface area contributed by atoms with Gasteiger partial charge in [-0.2, -0.15) is 0 Å². The van der Waals surface area contributed by atoms with Crippen molar-refractivity contribution < 1.29 is 14.3 Å². The Hall–Kier alpha value is -4.20. The van der Waals surface area contributed by atoms with Gasteiger partial charge in [0.05, 0.1) is 11.3 Å². The van der Waals surface area contributed by atoms with Crippen molar-refractivity contribution in [2.75, 3.05) is 13.1 Å². The van der Waals surface area contributed by atoms with Crippen molar-refractivity contribution in [2.45, 2.75) is 32.4 Å². The molecular weight excluding hydrogens is 442 g/mol. The standard InChI is InChI=1S/C27H27N5O3/c1-19-4-9-25-29-23(17-32(25)16-19)18-35-24-7-5-20(6-8-24)27(34)31-13-10-22(11-14-31)30-26(33)21-3-2-12-28-15-21/h2-9,12,15-17,22H,10-11,13-14,18H2,1H3,(H,30,33). The van der Waals surface area contributed by atoms with E-state index in [0.29, 0.717) is 36.6 Å². The number of carbonyl (C=O) groups excluding carboxylic acids is 2. The lowest BCUT2D eigenvalue weighted by atomic mass is 10.0. The molecule has 3 aromatic heterocycles. The van der Waals surface area contributed by atoms with Gasteiger partial charge in [0.25, 0.3) is 11.8 Å². The number of hydrogen-bond donors (Lipinski definition) is 1. The zero-order valence-electron chi connectivity index (χ0n) is 19.6. The summed E-state index contributed by atoms with van der Waals surface area (Å²) in [6.45, 7) is 3.60. The predicted octanol–water partition coefficient (Wildman–Crippen LogP) is 3.65. The van der Waals surface area contributed by atoms with Crippen molar-refractivity contribution in [1.29, 1.82) is 0 Å². The van der Waals surface area contributed by atoms with Gasteiger partial charge < -0.3 is 19.4 Å². The van der Waals surface area contributed by atoms with Gasteiger partial charge in [-0.1, -0.05) is 6.07 Å². The molecule has 0 atom stereocenters. The highest BCUT2D eigenvalue weighted by molar-refractivity contribution is 5.95. The molecule has 1 N–H and O–H groups in total. The third-order valence-corrected chi connectivity index (χ3v) is 6.18. The first-order valence-corrected chi connectivity index (χ1v) is 11.7. The second-order valence-electron chi connectivity index (χ2n) is 8.80. The van der Waals surface area contributed by atoms with Gasteiger partial charge >= 0.3 is 0 Å². The molecule has 8 nitrogen and oxygen atoms in total. The van der Waals surface area contributed by atoms with Gasteiger partial charge in [-0.3, -0.25) is 14.6 Å². The first-order chi connectivity index (χ1) is 17.0. The van der Waals surface area contributed by atoms with Crippen LogP contribution in [0.15, 0.2) is 73.3 Å². The van der Waals surface area contributed by atoms with Crippen LogP contribution < -0.4 is 10.1 Å². The zero-order chi connectivity index (χ0) is 24.2. The van der Waals surface area contributed by atoms with E-state index in [4.69, 9.17) is 4.74 Å². The fourth-order valence-corrected chi connectivity index (χ4v) is 4.25. The molecular formula is C27H27N5O3. The number of fused-ring (bicyclic) bond motifs is 1. The number of nitrogens with one attached hydrogen (secondary N) is 1. The monoisotopic (exact) mass is 469 g/mol. The highest BCUT2D eigenvalue weighted by Gasteiger charge is 2.25. The summed E-state index contributed by atoms with van der Waals surface area (Å²) in [5.41, 5.74) is 4.06. The maximum Gasteiger partial charge on any atom is 0.253 e. The van der Waals surface area contributed by atoms with Gasteiger partial charge in [0.2, 0.25) is 0 Å². The maximum atomic E-state index is 12.9. The van der Waals surface area contributed by atoms with Crippen LogP contribution in [0.3, 0.4) is 0 Å². The van der Waals surface area contributed by atoms with Gasteiger partial charge in [-0.15, -0.1) is 0 Å². The SMILES string of the molecule is Cc1ccc2nc(COc3ccc(C(=O)N4CCC(NC(=O)c5cccnc5)CC4)cc3)cn2c1. The molecule has 1 aliphatic rings. The quantitative estimate of drug-likeness (QED) is 0.466. The minimum Gasteiger partial charge on any atom is -0.487 e. The summed E-state index contributed by atoms with van der Waals surface area (Å²) >= 11 is 0. The predicted molar refractivity (Wildman–Crippen MR) is 131 cm³/mol. The Morgan fingerprint density at radius 3 is 2.57 bits per heavy atom. The lowest BCUT2D eigenvalue weighted by molar-refractivity contribution is 0.0698. The Bertz CT molecular complexity index is 1330. The van der Waals surface area contributed by atoms with Crippen molar-refractivity contribution in [3.8, 4) is 5.75 Å². The van der Waals surface area contributed by atoms with Crippen molar-refractivity contribution in [2.24, 2.45) is 0 Å². The van der Waals surface area contributed by atoms with E-state index in [0.717, 1.165) is 24.2 Å². The number of aromatic nitrogens is 3. The number of pyridine rings is 2. The average Bonchev–Trinajstić information content (AvgIpc) is 3.30. The van der Waals surface area contributed by atoms with E-state index in [1.807, 2.05) is 52.9 Å². The van der Waals surface area contributed by atoms with E-state index in [-0.39, 0.29) is 17.9 Å². The minimum atomic E-state index is -0.128. The number of hydrogen-bond acceptors (Lipinski definition) is 5. The zero-order valence-corrected chi connectivity index (χ0v) is 19.6. The highest BCUT2D eigenvalue weighted by atomic mass is 16.5. The molecule has 0 spiro atoms. The summed E-state index contributed by atoms with van der Waals surface area (Å²) in [6, 6.07) is 14.8. The number of rotatable bonds is 6. The Balaban J connectivity index is 1.12. The number of amides is 2. The van der Waals surface area contributed by atoms with Crippen LogP contribution in [0.2, 0.25) is 0 Å². The Kier molecular flexibility index (Phi) is 6.43. The number of carbonyl (C=O) groups is 2. The van der Waals surface area contributed by atoms with Crippen LogP contribution in [-0.4, -0.2) is 50.2 Å². The molecule has 178 valence electrons. The molecule has 4 heterocycles. The molecule has 4 aromatic rings. The lowest BCUT2D eigenvalue weighted by Gasteiger charge is -2.32. The number of aryl methyl sites for hydroxylation is 1. The molecule has 0 unspecified atom stereocenters. The normalized spacial score (nSPS) is 14.1. The Labute approximate surface area is 203 Å². The second kappa shape index (κ2) is 9.97. The molecule has 0 aliphatic carbocycles.